The molecule has 0 radical (unpaired) electrons. The highest BCUT2D eigenvalue weighted by molar-refractivity contribution is 8.15. The molecule has 1 fully saturated rings. The Morgan fingerprint density at radius 2 is 2.11 bits per heavy atom. The molecule has 3 heterocycles. The highest BCUT2D eigenvalue weighted by Crippen LogP contribution is 2.66. The number of fused-ring (bicyclic) bond motifs is 2. The number of nitrogens with zero attached hydrogens (tertiary/aromatic N) is 4. The van der Waals surface area contributed by atoms with Gasteiger partial charge in [0.25, 0.3) is 0 Å². The lowest BCUT2D eigenvalue weighted by molar-refractivity contribution is 0.184. The van der Waals surface area contributed by atoms with Crippen LogP contribution in [-0.4, -0.2) is 45.2 Å². The first-order valence-electron chi connectivity index (χ1n) is 11.4. The molecule has 2 N–H and O–H groups in total. The number of benzene rings is 1. The number of aliphatic imine (C=N–C) groups is 1. The Hall–Kier alpha value is -3.29. The number of hydrogen-bond donors (Lipinski definition) is 1. The van der Waals surface area contributed by atoms with Crippen molar-refractivity contribution in [2.24, 2.45) is 16.6 Å². The van der Waals surface area contributed by atoms with Gasteiger partial charge in [-0.2, -0.15) is 0 Å². The van der Waals surface area contributed by atoms with E-state index in [9.17, 15) is 4.39 Å². The van der Waals surface area contributed by atoms with Crippen molar-refractivity contribution < 1.29 is 18.3 Å². The van der Waals surface area contributed by atoms with Gasteiger partial charge in [0.2, 0.25) is 5.88 Å². The Labute approximate surface area is 211 Å². The highest BCUT2D eigenvalue weighted by Gasteiger charge is 2.66. The van der Waals surface area contributed by atoms with Crippen LogP contribution in [0.3, 0.4) is 0 Å². The molecular formula is C26H25F2N5O2S. The maximum absolute atomic E-state index is 15.2. The van der Waals surface area contributed by atoms with E-state index in [4.69, 9.17) is 15.2 Å². The average molecular weight is 510 g/mol. The van der Waals surface area contributed by atoms with E-state index in [2.05, 4.69) is 31.8 Å². The lowest BCUT2D eigenvalue weighted by atomic mass is 9.84. The zero-order valence-corrected chi connectivity index (χ0v) is 21.0. The van der Waals surface area contributed by atoms with Crippen LogP contribution >= 0.6 is 11.8 Å². The number of nitrogens with two attached hydrogens (primary N) is 1. The molecule has 1 aliphatic carbocycles. The van der Waals surface area contributed by atoms with E-state index in [1.165, 1.54) is 24.0 Å². The summed E-state index contributed by atoms with van der Waals surface area (Å²) in [6, 6.07) is 4.58. The van der Waals surface area contributed by atoms with E-state index in [1.54, 1.807) is 32.4 Å². The van der Waals surface area contributed by atoms with Crippen LogP contribution in [0.1, 0.15) is 37.1 Å². The van der Waals surface area contributed by atoms with Crippen LogP contribution in [0.15, 0.2) is 35.6 Å². The van der Waals surface area contributed by atoms with Crippen molar-refractivity contribution in [2.75, 3.05) is 20.3 Å². The Morgan fingerprint density at radius 3 is 2.89 bits per heavy atom. The van der Waals surface area contributed by atoms with Crippen LogP contribution in [0, 0.1) is 29.4 Å². The first-order valence-corrected chi connectivity index (χ1v) is 12.3. The Bertz CT molecular complexity index is 1440. The van der Waals surface area contributed by atoms with Crippen LogP contribution in [0.2, 0.25) is 0 Å². The fourth-order valence-corrected chi connectivity index (χ4v) is 6.45. The van der Waals surface area contributed by atoms with Crippen LogP contribution < -0.4 is 10.5 Å². The molecule has 3 aromatic rings. The third-order valence-corrected chi connectivity index (χ3v) is 8.01. The monoisotopic (exact) mass is 509 g/mol. The lowest BCUT2D eigenvalue weighted by Gasteiger charge is -2.34. The summed E-state index contributed by atoms with van der Waals surface area (Å²) in [5, 5.41) is 0.349. The maximum Gasteiger partial charge on any atom is 0.233 e. The normalized spacial score (nSPS) is 24.5. The van der Waals surface area contributed by atoms with E-state index in [0.29, 0.717) is 39.9 Å². The molecule has 36 heavy (non-hydrogen) atoms. The number of thioether (sulfide) groups is 1. The Kier molecular flexibility index (Phi) is 6.30. The lowest BCUT2D eigenvalue weighted by Crippen LogP contribution is -2.38. The standard InChI is InChI=1S/C26H25F2N5O2S/c1-4-5-8-35-21-13-31-23-18(32-21)6-7-30-19(23)11-15-9-16(22(28)17(27)10-15)25(2)20-12-26(20,14-34-3)36-24(29)33-25/h6-7,9-10,13,20H,8,11-12,14H2,1-3H3,(H2,29,33)/t20-,25+,26+/m0/s1. The van der Waals surface area contributed by atoms with Gasteiger partial charge in [-0.1, -0.05) is 17.7 Å². The number of methoxy groups -OCH3 is 1. The molecule has 3 atom stereocenters. The molecule has 0 spiro atoms. The summed E-state index contributed by atoms with van der Waals surface area (Å²) < 4.78 is 40.7. The molecular weight excluding hydrogens is 484 g/mol. The van der Waals surface area contributed by atoms with E-state index < -0.39 is 17.2 Å². The summed E-state index contributed by atoms with van der Waals surface area (Å²) in [6.07, 6.45) is 4.10. The second-order valence-corrected chi connectivity index (χ2v) is 10.6. The molecule has 2 aromatic heterocycles. The molecule has 0 bridgehead atoms. The first-order chi connectivity index (χ1) is 17.3. The van der Waals surface area contributed by atoms with Gasteiger partial charge < -0.3 is 15.2 Å². The van der Waals surface area contributed by atoms with Crippen LogP contribution in [0.25, 0.3) is 11.0 Å². The number of aromatic nitrogens is 3. The number of ether oxygens (including phenoxy) is 2. The van der Waals surface area contributed by atoms with E-state index in [0.717, 1.165) is 6.42 Å². The van der Waals surface area contributed by atoms with Gasteiger partial charge in [-0.15, -0.1) is 5.92 Å². The van der Waals surface area contributed by atoms with Crippen LogP contribution in [0.5, 0.6) is 5.88 Å². The van der Waals surface area contributed by atoms with Crippen LogP contribution in [0.4, 0.5) is 8.78 Å². The van der Waals surface area contributed by atoms with Gasteiger partial charge in [0, 0.05) is 31.2 Å². The van der Waals surface area contributed by atoms with Gasteiger partial charge >= 0.3 is 0 Å². The van der Waals surface area contributed by atoms with Gasteiger partial charge in [0.15, 0.2) is 23.4 Å². The number of hydrogen-bond acceptors (Lipinski definition) is 8. The molecule has 0 saturated heterocycles. The molecule has 0 unspecified atom stereocenters. The predicted octanol–water partition coefficient (Wildman–Crippen LogP) is 3.98. The largest absolute Gasteiger partial charge is 0.463 e. The van der Waals surface area contributed by atoms with Crippen molar-refractivity contribution in [1.29, 1.82) is 0 Å². The highest BCUT2D eigenvalue weighted by atomic mass is 32.2. The van der Waals surface area contributed by atoms with Crippen molar-refractivity contribution in [1.82, 2.24) is 15.0 Å². The Balaban J connectivity index is 1.50. The molecule has 1 saturated carbocycles. The predicted molar refractivity (Wildman–Crippen MR) is 135 cm³/mol. The first kappa shape index (κ1) is 24.4. The van der Waals surface area contributed by atoms with Gasteiger partial charge in [-0.25, -0.2) is 18.7 Å². The molecule has 0 amide bonds. The van der Waals surface area contributed by atoms with Crippen molar-refractivity contribution in [3.8, 4) is 17.7 Å². The average Bonchev–Trinajstić information content (AvgIpc) is 3.56. The third-order valence-electron chi connectivity index (χ3n) is 6.73. The molecule has 10 heteroatoms. The van der Waals surface area contributed by atoms with Gasteiger partial charge in [0.1, 0.15) is 5.52 Å². The quantitative estimate of drug-likeness (QED) is 0.482. The molecule has 5 rings (SSSR count). The summed E-state index contributed by atoms with van der Waals surface area (Å²) in [5.41, 5.74) is 7.60. The zero-order valence-electron chi connectivity index (χ0n) is 20.1. The minimum absolute atomic E-state index is 0.0243. The molecule has 1 aliphatic heterocycles. The molecule has 7 nitrogen and oxygen atoms in total. The summed E-state index contributed by atoms with van der Waals surface area (Å²) in [5.74, 6) is 4.04. The second kappa shape index (κ2) is 9.30. The minimum atomic E-state index is -1.01. The third kappa shape index (κ3) is 4.27. The fourth-order valence-electron chi connectivity index (χ4n) is 5.00. The molecule has 186 valence electrons. The van der Waals surface area contributed by atoms with Crippen molar-refractivity contribution >= 4 is 28.0 Å². The van der Waals surface area contributed by atoms with Gasteiger partial charge in [-0.3, -0.25) is 9.98 Å². The van der Waals surface area contributed by atoms with Crippen molar-refractivity contribution in [2.45, 2.75) is 37.0 Å². The minimum Gasteiger partial charge on any atom is -0.463 e. The van der Waals surface area contributed by atoms with Gasteiger partial charge in [0.05, 0.1) is 34.3 Å². The maximum atomic E-state index is 15.2. The van der Waals surface area contributed by atoms with Crippen molar-refractivity contribution in [3.05, 3.63) is 59.0 Å². The van der Waals surface area contributed by atoms with Crippen molar-refractivity contribution in [3.63, 3.8) is 0 Å². The summed E-state index contributed by atoms with van der Waals surface area (Å²) >= 11 is 1.45. The smallest absolute Gasteiger partial charge is 0.233 e. The van der Waals surface area contributed by atoms with E-state index in [-0.39, 0.29) is 29.3 Å². The Morgan fingerprint density at radius 1 is 1.28 bits per heavy atom. The SMILES string of the molecule is CC#CCOc1cnc2c(Cc3cc(F)c(F)c([C@@]4(C)N=C(N)S[C@@]5(COC)C[C@H]54)c3)nccc2n1. The fraction of sp³-hybridized carbons (Fsp3) is 0.385. The number of rotatable bonds is 7. The summed E-state index contributed by atoms with van der Waals surface area (Å²) in [7, 11) is 1.62. The number of pyridine rings is 1. The zero-order chi connectivity index (χ0) is 25.5. The second-order valence-electron chi connectivity index (χ2n) is 9.12. The van der Waals surface area contributed by atoms with Gasteiger partial charge in [-0.05, 0) is 44.0 Å². The van der Waals surface area contributed by atoms with E-state index >= 15 is 4.39 Å². The number of halogens is 2. The summed E-state index contributed by atoms with van der Waals surface area (Å²) in [6.45, 7) is 4.22. The number of amidine groups is 1. The molecule has 1 aromatic carbocycles. The molecule has 2 aliphatic rings. The van der Waals surface area contributed by atoms with Crippen LogP contribution in [-0.2, 0) is 16.7 Å². The topological polar surface area (TPSA) is 95.5 Å². The van der Waals surface area contributed by atoms with E-state index in [1.807, 2.05) is 6.92 Å². The summed E-state index contributed by atoms with van der Waals surface area (Å²) in [4.78, 5) is 18.0.